The minimum absolute atomic E-state index is 0. The summed E-state index contributed by atoms with van der Waals surface area (Å²) in [6.45, 7) is 0. The molecule has 0 unspecified atom stereocenters. The molecular formula is Al5CaGdO10. The Kier molecular flexibility index (Phi) is 237. The van der Waals surface area contributed by atoms with Crippen LogP contribution in [-0.4, -0.2) is 115 Å². The van der Waals surface area contributed by atoms with Crippen LogP contribution in [0.3, 0.4) is 0 Å². The molecule has 17 heavy (non-hydrogen) atoms. The summed E-state index contributed by atoms with van der Waals surface area (Å²) in [5.74, 6) is 0. The molecule has 0 aliphatic heterocycles. The van der Waals surface area contributed by atoms with Gasteiger partial charge in [-0.25, -0.2) is 0 Å². The Bertz CT molecular complexity index is 97.0. The van der Waals surface area contributed by atoms with Gasteiger partial charge >= 0.3 is 195 Å². The van der Waals surface area contributed by atoms with E-state index in [0.717, 1.165) is 0 Å². The summed E-state index contributed by atoms with van der Waals surface area (Å²) in [5.41, 5.74) is 0. The predicted molar refractivity (Wildman–Crippen MR) is 38.0 cm³/mol. The number of hydrogen-bond acceptors (Lipinski definition) is 10. The van der Waals surface area contributed by atoms with Crippen LogP contribution in [0.2, 0.25) is 0 Å². The average Bonchev–Trinajstić information content (AvgIpc) is 2.09. The monoisotopic (exact) mass is 493 g/mol. The van der Waals surface area contributed by atoms with Crippen molar-refractivity contribution in [3.05, 3.63) is 0 Å². The molecule has 0 bridgehead atoms. The molecule has 85 valence electrons. The van der Waals surface area contributed by atoms with E-state index in [9.17, 15) is 0 Å². The van der Waals surface area contributed by atoms with Crippen molar-refractivity contribution in [3.63, 3.8) is 0 Å². The molecule has 0 N–H and O–H groups in total. The van der Waals surface area contributed by atoms with Gasteiger partial charge in [0.2, 0.25) is 0 Å². The van der Waals surface area contributed by atoms with E-state index < -0.39 is 77.4 Å². The first-order chi connectivity index (χ1) is 7.07. The zero-order valence-electron chi connectivity index (χ0n) is 8.03. The Hall–Kier alpha value is 3.25. The van der Waals surface area contributed by atoms with E-state index in [1.165, 1.54) is 0 Å². The van der Waals surface area contributed by atoms with Crippen molar-refractivity contribution in [2.45, 2.75) is 0 Å². The van der Waals surface area contributed by atoms with E-state index in [1.54, 1.807) is 0 Å². The van der Waals surface area contributed by atoms with Crippen LogP contribution in [0.4, 0.5) is 0 Å². The van der Waals surface area contributed by atoms with E-state index in [0.29, 0.717) is 0 Å². The fraction of sp³-hybridized carbons (Fsp3) is 0. The maximum atomic E-state index is 8.46. The van der Waals surface area contributed by atoms with Crippen molar-refractivity contribution in [1.82, 2.24) is 0 Å². The molecule has 0 amide bonds. The molecule has 0 heterocycles. The van der Waals surface area contributed by atoms with E-state index in [1.807, 2.05) is 0 Å². The molecule has 0 aromatic heterocycles. The zero-order valence-corrected chi connectivity index (χ0v) is 18.3. The van der Waals surface area contributed by atoms with Gasteiger partial charge in [0.25, 0.3) is 0 Å². The number of rotatable bonds is 0. The van der Waals surface area contributed by atoms with E-state index in [4.69, 9.17) is 39.8 Å². The molecule has 17 heteroatoms. The second-order valence-corrected chi connectivity index (χ2v) is 1.44. The third-order valence-electron chi connectivity index (χ3n) is 0. The molecule has 1 radical (unpaired) electrons. The molecule has 0 rings (SSSR count). The van der Waals surface area contributed by atoms with Crippen molar-refractivity contribution in [3.8, 4) is 0 Å². The predicted octanol–water partition coefficient (Wildman–Crippen LogP) is -8.82. The minimum atomic E-state index is -1.75. The maximum absolute atomic E-state index is 8.46. The summed E-state index contributed by atoms with van der Waals surface area (Å²) in [5, 5.41) is 0. The Morgan fingerprint density at radius 3 is 0.471 bits per heavy atom. The van der Waals surface area contributed by atoms with Crippen LogP contribution in [0.1, 0.15) is 0 Å². The molecule has 0 aliphatic rings. The summed E-state index contributed by atoms with van der Waals surface area (Å²) in [7, 11) is 0. The molecule has 10 nitrogen and oxygen atoms in total. The van der Waals surface area contributed by atoms with Crippen molar-refractivity contribution in [2.75, 3.05) is 0 Å². The van der Waals surface area contributed by atoms with Crippen LogP contribution in [0, 0.1) is 39.9 Å². The molecule has 0 aromatic carbocycles. The summed E-state index contributed by atoms with van der Waals surface area (Å²) >= 11 is -8.75. The second-order valence-electron chi connectivity index (χ2n) is 0.481. The van der Waals surface area contributed by atoms with Crippen molar-refractivity contribution >= 4 is 115 Å². The van der Waals surface area contributed by atoms with Crippen molar-refractivity contribution in [1.29, 1.82) is 0 Å². The van der Waals surface area contributed by atoms with E-state index >= 15 is 0 Å². The van der Waals surface area contributed by atoms with Gasteiger partial charge in [-0.2, -0.15) is 0 Å². The first-order valence-corrected chi connectivity index (χ1v) is 7.07. The molecule has 0 fully saturated rings. The Morgan fingerprint density at radius 2 is 0.471 bits per heavy atom. The van der Waals surface area contributed by atoms with Crippen molar-refractivity contribution in [2.24, 2.45) is 0 Å². The number of hydrogen-bond donors (Lipinski definition) is 0. The van der Waals surface area contributed by atoms with Crippen LogP contribution in [0.15, 0.2) is 0 Å². The van der Waals surface area contributed by atoms with Gasteiger partial charge in [0, 0.05) is 0 Å². The standard InChI is InChI=1S/5Al.Ca.Gd.10O/q;;;;;+2;+3;;;;;;5*-1. The molecular weight excluding hydrogens is 492 g/mol. The van der Waals surface area contributed by atoms with Gasteiger partial charge in [0.05, 0.1) is 0 Å². The summed E-state index contributed by atoms with van der Waals surface area (Å²) in [6, 6.07) is 0. The molecule has 0 saturated carbocycles. The topological polar surface area (TPSA) is 201 Å². The quantitative estimate of drug-likeness (QED) is 0.292. The van der Waals surface area contributed by atoms with Crippen LogP contribution in [-0.2, 0) is 19.0 Å². The van der Waals surface area contributed by atoms with E-state index in [-0.39, 0.29) is 77.7 Å². The third-order valence-corrected chi connectivity index (χ3v) is 0. The van der Waals surface area contributed by atoms with Crippen LogP contribution < -0.4 is 20.8 Å². The first-order valence-electron chi connectivity index (χ1n) is 2.36. The fourth-order valence-electron chi connectivity index (χ4n) is 0. The third kappa shape index (κ3) is 543. The molecule has 0 saturated heterocycles. The zero-order chi connectivity index (χ0) is 13.5. The van der Waals surface area contributed by atoms with Gasteiger partial charge in [0.1, 0.15) is 0 Å². The molecule has 0 atom stereocenters. The molecule has 0 spiro atoms. The summed E-state index contributed by atoms with van der Waals surface area (Å²) in [4.78, 5) is 0. The van der Waals surface area contributed by atoms with Crippen LogP contribution in [0.25, 0.3) is 0 Å². The molecule has 0 aromatic rings. The summed E-state index contributed by atoms with van der Waals surface area (Å²) < 4.78 is 84.6. The first kappa shape index (κ1) is 42.7. The SMILES string of the molecule is [Ca+2].[Gd+3].[O]=[Al][O-].[O]=[Al][O-].[O]=[Al][O-].[O]=[Al][O-].[O]=[Al][O-]. The Labute approximate surface area is 191 Å². The Balaban J connectivity index is -0.0000000143. The van der Waals surface area contributed by atoms with Gasteiger partial charge in [-0.15, -0.1) is 0 Å². The molecule has 0 aliphatic carbocycles. The van der Waals surface area contributed by atoms with Gasteiger partial charge in [-0.3, -0.25) is 0 Å². The van der Waals surface area contributed by atoms with E-state index in [2.05, 4.69) is 0 Å². The van der Waals surface area contributed by atoms with Crippen LogP contribution in [0.5, 0.6) is 0 Å². The summed E-state index contributed by atoms with van der Waals surface area (Å²) in [6.07, 6.45) is 0. The van der Waals surface area contributed by atoms with Gasteiger partial charge in [-0.1, -0.05) is 0 Å². The second kappa shape index (κ2) is 94.2. The van der Waals surface area contributed by atoms with Gasteiger partial charge in [0.15, 0.2) is 0 Å². The van der Waals surface area contributed by atoms with Crippen LogP contribution >= 0.6 is 0 Å². The fourth-order valence-corrected chi connectivity index (χ4v) is 0. The Morgan fingerprint density at radius 1 is 0.471 bits per heavy atom. The van der Waals surface area contributed by atoms with Gasteiger partial charge in [-0.05, 0) is 0 Å². The van der Waals surface area contributed by atoms with Gasteiger partial charge < -0.3 is 0 Å². The van der Waals surface area contributed by atoms with Crippen molar-refractivity contribution < 1.29 is 79.7 Å². The average molecular weight is 492 g/mol. The normalized spacial score (nSPS) is 2.35.